The Morgan fingerprint density at radius 2 is 1.69 bits per heavy atom. The molecule has 3 nitrogen and oxygen atoms in total. The summed E-state index contributed by atoms with van der Waals surface area (Å²) in [6.45, 7) is 1.06. The zero-order valence-corrected chi connectivity index (χ0v) is 17.3. The number of imidazole rings is 1. The molecule has 0 bridgehead atoms. The van der Waals surface area contributed by atoms with Crippen LogP contribution in [0.2, 0.25) is 20.1 Å². The van der Waals surface area contributed by atoms with Gasteiger partial charge in [0.25, 0.3) is 0 Å². The zero-order chi connectivity index (χ0) is 18.5. The van der Waals surface area contributed by atoms with E-state index in [4.69, 9.17) is 51.1 Å². The van der Waals surface area contributed by atoms with Crippen molar-refractivity contribution in [2.75, 3.05) is 6.61 Å². The number of benzene rings is 2. The predicted octanol–water partition coefficient (Wildman–Crippen LogP) is 6.74. The number of nitrogens with zero attached hydrogens (tertiary/aromatic N) is 2. The summed E-state index contributed by atoms with van der Waals surface area (Å²) in [5.41, 5.74) is 0. The summed E-state index contributed by atoms with van der Waals surface area (Å²) in [4.78, 5) is 4.90. The summed E-state index contributed by atoms with van der Waals surface area (Å²) in [6.07, 6.45) is 5.39. The van der Waals surface area contributed by atoms with Crippen molar-refractivity contribution in [1.29, 1.82) is 0 Å². The van der Waals surface area contributed by atoms with Gasteiger partial charge in [-0.15, -0.1) is 11.8 Å². The molecule has 3 rings (SSSR count). The fraction of sp³-hybridized carbons (Fsp3) is 0.167. The molecule has 0 aliphatic rings. The van der Waals surface area contributed by atoms with E-state index in [1.54, 1.807) is 42.5 Å². The lowest BCUT2D eigenvalue weighted by Crippen LogP contribution is -2.20. The standard InChI is InChI=1S/C18H14Cl4N2OS/c19-13-3-2-6-16(17(13)22)25-10-12(9-24-8-7-23-11-24)26-18-14(20)4-1-5-15(18)21/h1-8,11-12H,9-10H2. The van der Waals surface area contributed by atoms with Crippen LogP contribution in [-0.2, 0) is 6.54 Å². The Kier molecular flexibility index (Phi) is 7.01. The lowest BCUT2D eigenvalue weighted by molar-refractivity contribution is 0.308. The number of thioether (sulfide) groups is 1. The molecule has 0 spiro atoms. The van der Waals surface area contributed by atoms with Crippen molar-refractivity contribution in [3.8, 4) is 5.75 Å². The van der Waals surface area contributed by atoms with E-state index >= 15 is 0 Å². The minimum Gasteiger partial charge on any atom is -0.491 e. The molecular formula is C18H14Cl4N2OS. The van der Waals surface area contributed by atoms with Crippen molar-refractivity contribution in [3.63, 3.8) is 0 Å². The maximum atomic E-state index is 6.31. The topological polar surface area (TPSA) is 27.1 Å². The van der Waals surface area contributed by atoms with Gasteiger partial charge in [0, 0.05) is 23.8 Å². The van der Waals surface area contributed by atoms with Crippen LogP contribution in [-0.4, -0.2) is 21.4 Å². The van der Waals surface area contributed by atoms with Gasteiger partial charge in [-0.2, -0.15) is 0 Å². The first-order valence-electron chi connectivity index (χ1n) is 7.68. The van der Waals surface area contributed by atoms with Gasteiger partial charge >= 0.3 is 0 Å². The van der Waals surface area contributed by atoms with E-state index in [0.717, 1.165) is 4.90 Å². The molecule has 0 radical (unpaired) electrons. The molecule has 8 heteroatoms. The zero-order valence-electron chi connectivity index (χ0n) is 13.4. The predicted molar refractivity (Wildman–Crippen MR) is 110 cm³/mol. The van der Waals surface area contributed by atoms with Crippen LogP contribution < -0.4 is 4.74 Å². The van der Waals surface area contributed by atoms with Crippen molar-refractivity contribution in [2.45, 2.75) is 16.7 Å². The summed E-state index contributed by atoms with van der Waals surface area (Å²) in [5.74, 6) is 0.542. The summed E-state index contributed by atoms with van der Waals surface area (Å²) < 4.78 is 7.90. The van der Waals surface area contributed by atoms with Crippen LogP contribution in [0.15, 0.2) is 60.0 Å². The van der Waals surface area contributed by atoms with Crippen LogP contribution >= 0.6 is 58.2 Å². The summed E-state index contributed by atoms with van der Waals surface area (Å²) in [7, 11) is 0. The van der Waals surface area contributed by atoms with E-state index in [-0.39, 0.29) is 5.25 Å². The fourth-order valence-corrected chi connectivity index (χ4v) is 4.38. The van der Waals surface area contributed by atoms with Gasteiger partial charge in [-0.1, -0.05) is 58.5 Å². The molecule has 0 N–H and O–H groups in total. The second-order valence-corrected chi connectivity index (χ2v) is 8.32. The highest BCUT2D eigenvalue weighted by atomic mass is 35.5. The normalized spacial score (nSPS) is 12.2. The average Bonchev–Trinajstić information content (AvgIpc) is 3.12. The third-order valence-corrected chi connectivity index (χ3v) is 6.47. The Hall–Kier alpha value is -1.04. The summed E-state index contributed by atoms with van der Waals surface area (Å²) in [5, 5.41) is 2.10. The number of aromatic nitrogens is 2. The number of rotatable bonds is 7. The average molecular weight is 448 g/mol. The minimum atomic E-state index is 0.0247. The van der Waals surface area contributed by atoms with E-state index in [0.29, 0.717) is 39.0 Å². The highest BCUT2D eigenvalue weighted by Gasteiger charge is 2.18. The molecule has 1 heterocycles. The Morgan fingerprint density at radius 3 is 2.38 bits per heavy atom. The number of hydrogen-bond donors (Lipinski definition) is 0. The Balaban J connectivity index is 1.78. The highest BCUT2D eigenvalue weighted by molar-refractivity contribution is 8.00. The number of hydrogen-bond acceptors (Lipinski definition) is 3. The molecule has 0 aliphatic carbocycles. The number of ether oxygens (including phenoxy) is 1. The molecule has 136 valence electrons. The van der Waals surface area contributed by atoms with Crippen LogP contribution in [0.1, 0.15) is 0 Å². The van der Waals surface area contributed by atoms with E-state index in [2.05, 4.69) is 4.98 Å². The van der Waals surface area contributed by atoms with E-state index in [1.807, 2.05) is 29.0 Å². The second-order valence-electron chi connectivity index (χ2n) is 5.41. The Morgan fingerprint density at radius 1 is 1.00 bits per heavy atom. The van der Waals surface area contributed by atoms with Gasteiger partial charge in [-0.05, 0) is 24.3 Å². The molecular weight excluding hydrogens is 434 g/mol. The van der Waals surface area contributed by atoms with Gasteiger partial charge in [0.05, 0.1) is 26.6 Å². The summed E-state index contributed by atoms with van der Waals surface area (Å²) >= 11 is 26.4. The molecule has 26 heavy (non-hydrogen) atoms. The molecule has 0 fully saturated rings. The van der Waals surface area contributed by atoms with Crippen LogP contribution in [0.4, 0.5) is 0 Å². The van der Waals surface area contributed by atoms with Crippen LogP contribution in [0, 0.1) is 0 Å². The molecule has 0 aliphatic heterocycles. The molecule has 0 saturated heterocycles. The minimum absolute atomic E-state index is 0.0247. The van der Waals surface area contributed by atoms with Crippen LogP contribution in [0.25, 0.3) is 0 Å². The van der Waals surface area contributed by atoms with E-state index < -0.39 is 0 Å². The van der Waals surface area contributed by atoms with Gasteiger partial charge in [0.15, 0.2) is 0 Å². The maximum absolute atomic E-state index is 6.31. The lowest BCUT2D eigenvalue weighted by Gasteiger charge is -2.20. The monoisotopic (exact) mass is 446 g/mol. The lowest BCUT2D eigenvalue weighted by atomic mass is 10.3. The fourth-order valence-electron chi connectivity index (χ4n) is 2.29. The maximum Gasteiger partial charge on any atom is 0.139 e. The quantitative estimate of drug-likeness (QED) is 0.375. The number of halogens is 4. The molecule has 3 aromatic rings. The SMILES string of the molecule is Clc1cccc(OCC(Cn2ccnc2)Sc2c(Cl)cccc2Cl)c1Cl. The third-order valence-electron chi connectivity index (χ3n) is 3.52. The first-order valence-corrected chi connectivity index (χ1v) is 10.1. The molecule has 1 atom stereocenters. The second kappa shape index (κ2) is 9.25. The first kappa shape index (κ1) is 19.7. The molecule has 0 amide bonds. The van der Waals surface area contributed by atoms with Gasteiger partial charge in [-0.3, -0.25) is 0 Å². The van der Waals surface area contributed by atoms with Gasteiger partial charge in [0.1, 0.15) is 17.4 Å². The highest BCUT2D eigenvalue weighted by Crippen LogP contribution is 2.38. The third kappa shape index (κ3) is 5.02. The molecule has 2 aromatic carbocycles. The largest absolute Gasteiger partial charge is 0.491 e. The van der Waals surface area contributed by atoms with Crippen molar-refractivity contribution in [2.24, 2.45) is 0 Å². The van der Waals surface area contributed by atoms with Gasteiger partial charge in [-0.25, -0.2) is 4.98 Å². The van der Waals surface area contributed by atoms with Gasteiger partial charge < -0.3 is 9.30 Å². The smallest absolute Gasteiger partial charge is 0.139 e. The van der Waals surface area contributed by atoms with E-state index in [9.17, 15) is 0 Å². The van der Waals surface area contributed by atoms with Crippen LogP contribution in [0.5, 0.6) is 5.75 Å². The summed E-state index contributed by atoms with van der Waals surface area (Å²) in [6, 6.07) is 10.8. The van der Waals surface area contributed by atoms with Crippen molar-refractivity contribution in [3.05, 3.63) is 75.2 Å². The van der Waals surface area contributed by atoms with Crippen molar-refractivity contribution in [1.82, 2.24) is 9.55 Å². The molecule has 1 aromatic heterocycles. The molecule has 1 unspecified atom stereocenters. The van der Waals surface area contributed by atoms with E-state index in [1.165, 1.54) is 0 Å². The van der Waals surface area contributed by atoms with Crippen LogP contribution in [0.3, 0.4) is 0 Å². The Labute approximate surface area is 176 Å². The molecule has 0 saturated carbocycles. The van der Waals surface area contributed by atoms with Gasteiger partial charge in [0.2, 0.25) is 0 Å². The van der Waals surface area contributed by atoms with Crippen molar-refractivity contribution >= 4 is 58.2 Å². The Bertz CT molecular complexity index is 853. The first-order chi connectivity index (χ1) is 12.5. The van der Waals surface area contributed by atoms with Crippen molar-refractivity contribution < 1.29 is 4.74 Å².